The fraction of sp³-hybridized carbons (Fsp3) is 0.353. The van der Waals surface area contributed by atoms with E-state index in [9.17, 15) is 14.7 Å². The van der Waals surface area contributed by atoms with Gasteiger partial charge in [-0.25, -0.2) is 0 Å². The summed E-state index contributed by atoms with van der Waals surface area (Å²) in [6.07, 6.45) is 1.38. The Balaban J connectivity index is 2.09. The van der Waals surface area contributed by atoms with Crippen LogP contribution in [0.2, 0.25) is 0 Å². The van der Waals surface area contributed by atoms with Crippen LogP contribution in [0.15, 0.2) is 34.9 Å². The molecular weight excluding hydrogens is 282 g/mol. The zero-order chi connectivity index (χ0) is 15.7. The number of rotatable bonds is 4. The van der Waals surface area contributed by atoms with Gasteiger partial charge in [-0.15, -0.1) is 0 Å². The summed E-state index contributed by atoms with van der Waals surface area (Å²) in [6.45, 7) is 1.86. The Morgan fingerprint density at radius 1 is 1.36 bits per heavy atom. The number of fused-ring (bicyclic) bond motifs is 1. The molecule has 1 aromatic carbocycles. The van der Waals surface area contributed by atoms with Gasteiger partial charge < -0.3 is 9.63 Å². The zero-order valence-corrected chi connectivity index (χ0v) is 12.3. The van der Waals surface area contributed by atoms with Crippen molar-refractivity contribution in [2.24, 2.45) is 5.41 Å². The van der Waals surface area contributed by atoms with E-state index in [0.717, 1.165) is 5.56 Å². The molecule has 0 bridgehead atoms. The summed E-state index contributed by atoms with van der Waals surface area (Å²) in [5.41, 5.74) is 0.931. The van der Waals surface area contributed by atoms with Crippen molar-refractivity contribution in [3.63, 3.8) is 0 Å². The summed E-state index contributed by atoms with van der Waals surface area (Å²) < 4.78 is 5.34. The molecule has 0 fully saturated rings. The molecule has 0 spiro atoms. The van der Waals surface area contributed by atoms with Crippen LogP contribution in [0.4, 0.5) is 0 Å². The normalized spacial score (nSPS) is 20.7. The van der Waals surface area contributed by atoms with Gasteiger partial charge in [0.15, 0.2) is 5.78 Å². The number of carboxylic acid groups (broad SMARTS) is 1. The van der Waals surface area contributed by atoms with Crippen LogP contribution in [-0.4, -0.2) is 22.0 Å². The average Bonchev–Trinajstić information content (AvgIpc) is 2.95. The predicted molar refractivity (Wildman–Crippen MR) is 79.6 cm³/mol. The van der Waals surface area contributed by atoms with Gasteiger partial charge in [0.25, 0.3) is 0 Å². The minimum absolute atomic E-state index is 0.152. The molecular formula is C17H17NO4. The van der Waals surface area contributed by atoms with Crippen molar-refractivity contribution >= 4 is 11.8 Å². The summed E-state index contributed by atoms with van der Waals surface area (Å²) in [6, 6.07) is 9.36. The lowest BCUT2D eigenvalue weighted by molar-refractivity contribution is -0.139. The minimum atomic E-state index is -0.948. The van der Waals surface area contributed by atoms with E-state index < -0.39 is 11.4 Å². The maximum Gasteiger partial charge on any atom is 0.304 e. The summed E-state index contributed by atoms with van der Waals surface area (Å²) in [5, 5.41) is 13.2. The van der Waals surface area contributed by atoms with E-state index >= 15 is 0 Å². The molecule has 1 aliphatic carbocycles. The predicted octanol–water partition coefficient (Wildman–Crippen LogP) is 3.34. The van der Waals surface area contributed by atoms with Gasteiger partial charge in [0.1, 0.15) is 11.5 Å². The van der Waals surface area contributed by atoms with Crippen molar-refractivity contribution in [2.75, 3.05) is 0 Å². The maximum atomic E-state index is 13.0. The van der Waals surface area contributed by atoms with Crippen LogP contribution in [0.5, 0.6) is 0 Å². The molecule has 1 atom stereocenters. The third kappa shape index (κ3) is 2.22. The summed E-state index contributed by atoms with van der Waals surface area (Å²) >= 11 is 0. The van der Waals surface area contributed by atoms with Gasteiger partial charge in [-0.2, -0.15) is 0 Å². The fourth-order valence-electron chi connectivity index (χ4n) is 3.17. The molecule has 5 nitrogen and oxygen atoms in total. The van der Waals surface area contributed by atoms with E-state index in [1.54, 1.807) is 0 Å². The first kappa shape index (κ1) is 14.5. The molecule has 5 heteroatoms. The molecule has 2 aromatic rings. The monoisotopic (exact) mass is 299 g/mol. The lowest BCUT2D eigenvalue weighted by Gasteiger charge is -2.32. The van der Waals surface area contributed by atoms with Gasteiger partial charge in [-0.05, 0) is 12.8 Å². The van der Waals surface area contributed by atoms with Crippen molar-refractivity contribution in [2.45, 2.75) is 32.6 Å². The Hall–Kier alpha value is -2.43. The second-order valence-corrected chi connectivity index (χ2v) is 5.73. The molecule has 1 aromatic heterocycles. The smallest absolute Gasteiger partial charge is 0.304 e. The topological polar surface area (TPSA) is 80.4 Å². The van der Waals surface area contributed by atoms with Gasteiger partial charge in [-0.1, -0.05) is 42.4 Å². The first-order valence-corrected chi connectivity index (χ1v) is 7.38. The van der Waals surface area contributed by atoms with Gasteiger partial charge >= 0.3 is 5.97 Å². The molecule has 1 aliphatic rings. The Labute approximate surface area is 127 Å². The van der Waals surface area contributed by atoms with Crippen LogP contribution >= 0.6 is 0 Å². The molecule has 1 unspecified atom stereocenters. The van der Waals surface area contributed by atoms with Crippen LogP contribution in [0, 0.1) is 5.41 Å². The molecule has 0 saturated heterocycles. The number of carbonyl (C=O) groups is 2. The molecule has 0 aliphatic heterocycles. The van der Waals surface area contributed by atoms with Crippen LogP contribution in [-0.2, 0) is 11.2 Å². The number of aryl methyl sites for hydroxylation is 1. The lowest BCUT2D eigenvalue weighted by Crippen LogP contribution is -2.37. The molecule has 0 radical (unpaired) electrons. The van der Waals surface area contributed by atoms with Crippen molar-refractivity contribution in [3.05, 3.63) is 41.7 Å². The maximum absolute atomic E-state index is 13.0. The van der Waals surface area contributed by atoms with Crippen LogP contribution in [0.3, 0.4) is 0 Å². The van der Waals surface area contributed by atoms with Crippen molar-refractivity contribution in [3.8, 4) is 11.3 Å². The Bertz CT molecular complexity index is 720. The number of ketones is 1. The highest BCUT2D eigenvalue weighted by molar-refractivity contribution is 6.07. The van der Waals surface area contributed by atoms with Crippen LogP contribution in [0.25, 0.3) is 11.3 Å². The van der Waals surface area contributed by atoms with Gasteiger partial charge in [0.05, 0.1) is 12.0 Å². The van der Waals surface area contributed by atoms with Crippen molar-refractivity contribution < 1.29 is 19.2 Å². The lowest BCUT2D eigenvalue weighted by atomic mass is 9.68. The number of carboxylic acids is 1. The van der Waals surface area contributed by atoms with E-state index in [0.29, 0.717) is 36.3 Å². The van der Waals surface area contributed by atoms with Gasteiger partial charge in [0, 0.05) is 17.4 Å². The SMILES string of the molecule is CCC1(CC(=O)O)CCc2onc(-c3ccccc3)c2C1=O. The fourth-order valence-corrected chi connectivity index (χ4v) is 3.17. The Morgan fingerprint density at radius 3 is 2.73 bits per heavy atom. The number of benzene rings is 1. The number of aliphatic carboxylic acids is 1. The standard InChI is InChI=1S/C17H17NO4/c1-2-17(10-13(19)20)9-8-12-14(16(17)21)15(18-22-12)11-6-4-3-5-7-11/h3-7H,2,8-10H2,1H3,(H,19,20). The number of Topliss-reactive ketones (excluding diaryl/α,β-unsaturated/α-hetero) is 1. The Kier molecular flexibility index (Phi) is 3.56. The highest BCUT2D eigenvalue weighted by Gasteiger charge is 2.46. The summed E-state index contributed by atoms with van der Waals surface area (Å²) in [5.74, 6) is -0.534. The van der Waals surface area contributed by atoms with Crippen molar-refractivity contribution in [1.29, 1.82) is 0 Å². The quantitative estimate of drug-likeness (QED) is 0.936. The first-order valence-electron chi connectivity index (χ1n) is 7.38. The Morgan fingerprint density at radius 2 is 2.09 bits per heavy atom. The van der Waals surface area contributed by atoms with E-state index in [1.165, 1.54) is 0 Å². The average molecular weight is 299 g/mol. The molecule has 0 saturated carbocycles. The number of carbonyl (C=O) groups excluding carboxylic acids is 1. The summed E-state index contributed by atoms with van der Waals surface area (Å²) in [7, 11) is 0. The van der Waals surface area contributed by atoms with E-state index in [2.05, 4.69) is 5.16 Å². The molecule has 22 heavy (non-hydrogen) atoms. The van der Waals surface area contributed by atoms with E-state index in [4.69, 9.17) is 4.52 Å². The van der Waals surface area contributed by atoms with E-state index in [1.807, 2.05) is 37.3 Å². The van der Waals surface area contributed by atoms with E-state index in [-0.39, 0.29) is 12.2 Å². The third-order valence-corrected chi connectivity index (χ3v) is 4.52. The zero-order valence-electron chi connectivity index (χ0n) is 12.3. The number of hydrogen-bond donors (Lipinski definition) is 1. The van der Waals surface area contributed by atoms with Crippen LogP contribution in [0.1, 0.15) is 42.3 Å². The van der Waals surface area contributed by atoms with Gasteiger partial charge in [-0.3, -0.25) is 9.59 Å². The molecule has 114 valence electrons. The second kappa shape index (κ2) is 5.40. The third-order valence-electron chi connectivity index (χ3n) is 4.52. The van der Waals surface area contributed by atoms with Crippen molar-refractivity contribution in [1.82, 2.24) is 5.16 Å². The number of nitrogens with zero attached hydrogens (tertiary/aromatic N) is 1. The minimum Gasteiger partial charge on any atom is -0.481 e. The van der Waals surface area contributed by atoms with Gasteiger partial charge in [0.2, 0.25) is 0 Å². The highest BCUT2D eigenvalue weighted by atomic mass is 16.5. The molecule has 1 heterocycles. The molecule has 3 rings (SSSR count). The first-order chi connectivity index (χ1) is 10.6. The molecule has 0 amide bonds. The molecule has 1 N–H and O–H groups in total. The second-order valence-electron chi connectivity index (χ2n) is 5.73. The van der Waals surface area contributed by atoms with Crippen LogP contribution < -0.4 is 0 Å². The number of aromatic nitrogens is 1. The number of hydrogen-bond acceptors (Lipinski definition) is 4. The largest absolute Gasteiger partial charge is 0.481 e. The highest BCUT2D eigenvalue weighted by Crippen LogP contribution is 2.43. The summed E-state index contributed by atoms with van der Waals surface area (Å²) in [4.78, 5) is 24.2.